The maximum atomic E-state index is 13.5. The Kier molecular flexibility index (Phi) is 4.65. The number of aromatic nitrogens is 3. The summed E-state index contributed by atoms with van der Waals surface area (Å²) in [6.07, 6.45) is 1.53. The summed E-state index contributed by atoms with van der Waals surface area (Å²) in [5.41, 5.74) is 0.138. The van der Waals surface area contributed by atoms with Crippen molar-refractivity contribution in [2.45, 2.75) is 19.8 Å². The monoisotopic (exact) mass is 370 g/mol. The van der Waals surface area contributed by atoms with Gasteiger partial charge in [0.25, 0.3) is 11.5 Å². The summed E-state index contributed by atoms with van der Waals surface area (Å²) >= 11 is 0. The highest BCUT2D eigenvalue weighted by Gasteiger charge is 2.20. The normalized spacial score (nSPS) is 11.2. The van der Waals surface area contributed by atoms with E-state index in [4.69, 9.17) is 0 Å². The Labute approximate surface area is 154 Å². The van der Waals surface area contributed by atoms with Crippen molar-refractivity contribution in [3.05, 3.63) is 68.2 Å². The van der Waals surface area contributed by atoms with Crippen LogP contribution in [0.4, 0.5) is 10.1 Å². The van der Waals surface area contributed by atoms with E-state index >= 15 is 0 Å². The van der Waals surface area contributed by atoms with Gasteiger partial charge in [-0.05, 0) is 29.7 Å². The number of halogens is 1. The minimum absolute atomic E-state index is 0.0494. The fourth-order valence-electron chi connectivity index (χ4n) is 2.93. The van der Waals surface area contributed by atoms with Gasteiger partial charge in [-0.25, -0.2) is 14.2 Å². The van der Waals surface area contributed by atoms with E-state index in [2.05, 4.69) is 10.3 Å². The number of pyridine rings is 1. The van der Waals surface area contributed by atoms with E-state index < -0.39 is 23.0 Å². The number of hydrogen-bond donors (Lipinski definition) is 1. The number of carbonyl (C=O) groups excluding carboxylic acids is 1. The zero-order valence-electron chi connectivity index (χ0n) is 15.4. The van der Waals surface area contributed by atoms with E-state index in [1.165, 1.54) is 43.1 Å². The summed E-state index contributed by atoms with van der Waals surface area (Å²) in [7, 11) is 2.87. The van der Waals surface area contributed by atoms with E-state index in [-0.39, 0.29) is 28.2 Å². The van der Waals surface area contributed by atoms with Crippen LogP contribution in [0.25, 0.3) is 11.0 Å². The average molecular weight is 370 g/mol. The predicted molar refractivity (Wildman–Crippen MR) is 101 cm³/mol. The van der Waals surface area contributed by atoms with Crippen molar-refractivity contribution < 1.29 is 9.18 Å². The van der Waals surface area contributed by atoms with E-state index in [1.807, 2.05) is 13.8 Å². The number of nitrogens with zero attached hydrogens (tertiary/aromatic N) is 3. The third kappa shape index (κ3) is 3.14. The molecular formula is C19H19FN4O3. The van der Waals surface area contributed by atoms with Gasteiger partial charge in [0.2, 0.25) is 0 Å². The molecule has 1 N–H and O–H groups in total. The van der Waals surface area contributed by atoms with Crippen LogP contribution in [0.15, 0.2) is 40.1 Å². The van der Waals surface area contributed by atoms with Crippen LogP contribution in [0.3, 0.4) is 0 Å². The number of carbonyl (C=O) groups is 1. The van der Waals surface area contributed by atoms with Gasteiger partial charge in [0.05, 0.1) is 5.69 Å². The van der Waals surface area contributed by atoms with Crippen LogP contribution in [0.1, 0.15) is 35.7 Å². The van der Waals surface area contributed by atoms with Gasteiger partial charge in [-0.3, -0.25) is 18.7 Å². The second-order valence-electron chi connectivity index (χ2n) is 6.61. The van der Waals surface area contributed by atoms with E-state index in [1.54, 1.807) is 0 Å². The first-order valence-electron chi connectivity index (χ1n) is 8.38. The molecular weight excluding hydrogens is 351 g/mol. The maximum Gasteiger partial charge on any atom is 0.332 e. The van der Waals surface area contributed by atoms with Crippen molar-refractivity contribution in [2.24, 2.45) is 14.1 Å². The van der Waals surface area contributed by atoms with Gasteiger partial charge in [-0.1, -0.05) is 19.9 Å². The Bertz CT molecular complexity index is 1180. The first kappa shape index (κ1) is 18.5. The fourth-order valence-corrected chi connectivity index (χ4v) is 2.93. The molecule has 3 aromatic rings. The summed E-state index contributed by atoms with van der Waals surface area (Å²) in [4.78, 5) is 41.9. The lowest BCUT2D eigenvalue weighted by Crippen LogP contribution is -2.38. The van der Waals surface area contributed by atoms with Crippen LogP contribution >= 0.6 is 0 Å². The third-order valence-corrected chi connectivity index (χ3v) is 4.45. The minimum atomic E-state index is -0.558. The molecule has 0 saturated carbocycles. The number of benzene rings is 1. The molecule has 3 rings (SSSR count). The van der Waals surface area contributed by atoms with Crippen molar-refractivity contribution in [1.82, 2.24) is 14.1 Å². The molecule has 0 spiro atoms. The second kappa shape index (κ2) is 6.79. The molecule has 1 aromatic carbocycles. The molecule has 0 aliphatic heterocycles. The number of aryl methyl sites for hydroxylation is 1. The molecule has 140 valence electrons. The highest BCUT2D eigenvalue weighted by molar-refractivity contribution is 6.09. The summed E-state index contributed by atoms with van der Waals surface area (Å²) in [6, 6.07) is 5.26. The molecule has 8 heteroatoms. The average Bonchev–Trinajstić information content (AvgIpc) is 2.64. The van der Waals surface area contributed by atoms with Gasteiger partial charge < -0.3 is 5.32 Å². The molecule has 0 bridgehead atoms. The van der Waals surface area contributed by atoms with Crippen LogP contribution in [-0.4, -0.2) is 20.0 Å². The quantitative estimate of drug-likeness (QED) is 0.765. The van der Waals surface area contributed by atoms with Gasteiger partial charge in [-0.15, -0.1) is 0 Å². The van der Waals surface area contributed by atoms with Crippen molar-refractivity contribution in [1.29, 1.82) is 0 Å². The SMILES string of the molecule is CC(C)c1cnc2c(c1NC(=O)c1cccc(F)c1)c(=O)n(C)c(=O)n2C. The topological polar surface area (TPSA) is 86.0 Å². The van der Waals surface area contributed by atoms with Gasteiger partial charge in [0.1, 0.15) is 11.2 Å². The van der Waals surface area contributed by atoms with Gasteiger partial charge in [0.15, 0.2) is 5.65 Å². The number of fused-ring (bicyclic) bond motifs is 1. The van der Waals surface area contributed by atoms with Crippen molar-refractivity contribution in [3.63, 3.8) is 0 Å². The molecule has 2 aromatic heterocycles. The molecule has 0 unspecified atom stereocenters. The molecule has 0 aliphatic carbocycles. The Morgan fingerprint density at radius 2 is 1.89 bits per heavy atom. The molecule has 1 amide bonds. The second-order valence-corrected chi connectivity index (χ2v) is 6.61. The summed E-state index contributed by atoms with van der Waals surface area (Å²) in [5, 5.41) is 2.85. The zero-order valence-corrected chi connectivity index (χ0v) is 15.4. The number of nitrogens with one attached hydrogen (secondary N) is 1. The lowest BCUT2D eigenvalue weighted by molar-refractivity contribution is 0.102. The number of anilines is 1. The Morgan fingerprint density at radius 3 is 2.52 bits per heavy atom. The summed E-state index contributed by atoms with van der Waals surface area (Å²) < 4.78 is 15.7. The van der Waals surface area contributed by atoms with Crippen molar-refractivity contribution in [2.75, 3.05) is 5.32 Å². The highest BCUT2D eigenvalue weighted by atomic mass is 19.1. The predicted octanol–water partition coefficient (Wildman–Crippen LogP) is 2.15. The summed E-state index contributed by atoms with van der Waals surface area (Å²) in [5.74, 6) is -1.14. The fraction of sp³-hybridized carbons (Fsp3) is 0.263. The smallest absolute Gasteiger partial charge is 0.321 e. The van der Waals surface area contributed by atoms with Crippen LogP contribution in [-0.2, 0) is 14.1 Å². The standard InChI is InChI=1S/C19H19FN4O3/c1-10(2)13-9-21-16-14(18(26)24(4)19(27)23(16)3)15(13)22-17(25)11-6-5-7-12(20)8-11/h5-10H,1-4H3,(H,21,22,25). The third-order valence-electron chi connectivity index (χ3n) is 4.45. The van der Waals surface area contributed by atoms with Gasteiger partial charge in [0, 0.05) is 25.9 Å². The molecule has 0 saturated heterocycles. The minimum Gasteiger partial charge on any atom is -0.321 e. The Balaban J connectivity index is 2.29. The largest absolute Gasteiger partial charge is 0.332 e. The lowest BCUT2D eigenvalue weighted by atomic mass is 10.0. The molecule has 0 aliphatic rings. The molecule has 27 heavy (non-hydrogen) atoms. The molecule has 7 nitrogen and oxygen atoms in total. The molecule has 0 fully saturated rings. The van der Waals surface area contributed by atoms with Crippen LogP contribution in [0.5, 0.6) is 0 Å². The first-order valence-corrected chi connectivity index (χ1v) is 8.38. The summed E-state index contributed by atoms with van der Waals surface area (Å²) in [6.45, 7) is 3.79. The highest BCUT2D eigenvalue weighted by Crippen LogP contribution is 2.29. The van der Waals surface area contributed by atoms with Gasteiger partial charge in [-0.2, -0.15) is 0 Å². The van der Waals surface area contributed by atoms with Crippen LogP contribution < -0.4 is 16.6 Å². The van der Waals surface area contributed by atoms with Crippen LogP contribution in [0, 0.1) is 5.82 Å². The Hall–Kier alpha value is -3.29. The van der Waals surface area contributed by atoms with Crippen molar-refractivity contribution >= 4 is 22.6 Å². The van der Waals surface area contributed by atoms with Crippen molar-refractivity contribution in [3.8, 4) is 0 Å². The van der Waals surface area contributed by atoms with Gasteiger partial charge >= 0.3 is 5.69 Å². The molecule has 0 radical (unpaired) electrons. The number of rotatable bonds is 3. The molecule has 2 heterocycles. The number of amides is 1. The van der Waals surface area contributed by atoms with Crippen LogP contribution in [0.2, 0.25) is 0 Å². The first-order chi connectivity index (χ1) is 12.7. The number of hydrogen-bond acceptors (Lipinski definition) is 4. The lowest BCUT2D eigenvalue weighted by Gasteiger charge is -2.17. The molecule has 0 atom stereocenters. The van der Waals surface area contributed by atoms with E-state index in [9.17, 15) is 18.8 Å². The maximum absolute atomic E-state index is 13.5. The van der Waals surface area contributed by atoms with E-state index in [0.29, 0.717) is 5.56 Å². The van der Waals surface area contributed by atoms with E-state index in [0.717, 1.165) is 10.6 Å². The Morgan fingerprint density at radius 1 is 1.19 bits per heavy atom. The zero-order chi connectivity index (χ0) is 19.9.